The maximum Gasteiger partial charge on any atom is 0.387 e. The highest BCUT2D eigenvalue weighted by molar-refractivity contribution is 5.94. The number of carbonyl (C=O) groups excluding carboxylic acids is 2. The third-order valence-electron chi connectivity index (χ3n) is 3.13. The van der Waals surface area contributed by atoms with Crippen LogP contribution in [0.5, 0.6) is 5.75 Å². The average molecular weight is 299 g/mol. The van der Waals surface area contributed by atoms with Gasteiger partial charge in [-0.05, 0) is 24.5 Å². The summed E-state index contributed by atoms with van der Waals surface area (Å²) in [6.45, 7) is -1.52. The maximum atomic E-state index is 12.2. The molecular formula is C14H15F2NO4. The number of hydrogen-bond acceptors (Lipinski definition) is 4. The van der Waals surface area contributed by atoms with Gasteiger partial charge in [-0.15, -0.1) is 0 Å². The fraction of sp³-hybridized carbons (Fsp3) is 0.429. The molecule has 0 radical (unpaired) electrons. The van der Waals surface area contributed by atoms with Gasteiger partial charge >= 0.3 is 12.6 Å². The summed E-state index contributed by atoms with van der Waals surface area (Å²) in [5.74, 6) is -1.01. The van der Waals surface area contributed by atoms with Crippen LogP contribution in [0.25, 0.3) is 0 Å². The van der Waals surface area contributed by atoms with Crippen molar-refractivity contribution >= 4 is 17.6 Å². The van der Waals surface area contributed by atoms with Crippen LogP contribution < -0.4 is 10.1 Å². The second-order valence-electron chi connectivity index (χ2n) is 4.85. The van der Waals surface area contributed by atoms with Crippen molar-refractivity contribution in [3.05, 3.63) is 24.3 Å². The molecule has 2 rings (SSSR count). The summed E-state index contributed by atoms with van der Waals surface area (Å²) < 4.78 is 33.6. The Bertz CT molecular complexity index is 535. The number of esters is 1. The van der Waals surface area contributed by atoms with E-state index in [-0.39, 0.29) is 17.4 Å². The van der Waals surface area contributed by atoms with Gasteiger partial charge in [0.1, 0.15) is 5.75 Å². The molecule has 0 heterocycles. The number of halogens is 2. The van der Waals surface area contributed by atoms with Gasteiger partial charge in [0, 0.05) is 0 Å². The highest BCUT2D eigenvalue weighted by Crippen LogP contribution is 2.38. The van der Waals surface area contributed by atoms with E-state index >= 15 is 0 Å². The van der Waals surface area contributed by atoms with Gasteiger partial charge in [0.05, 0.1) is 11.6 Å². The average Bonchev–Trinajstić information content (AvgIpc) is 3.15. The van der Waals surface area contributed by atoms with Crippen molar-refractivity contribution in [2.45, 2.75) is 20.0 Å². The molecule has 0 unspecified atom stereocenters. The Hall–Kier alpha value is -2.18. The first-order chi connectivity index (χ1) is 9.97. The largest absolute Gasteiger partial charge is 0.455 e. The monoisotopic (exact) mass is 299 g/mol. The van der Waals surface area contributed by atoms with Gasteiger partial charge in [0.2, 0.25) is 0 Å². The molecule has 0 bridgehead atoms. The molecule has 1 amide bonds. The summed E-state index contributed by atoms with van der Waals surface area (Å²) in [4.78, 5) is 23.1. The Morgan fingerprint density at radius 2 is 2.05 bits per heavy atom. The molecule has 1 saturated carbocycles. The Morgan fingerprint density at radius 3 is 2.67 bits per heavy atom. The number of nitrogens with one attached hydrogen (secondary N) is 1. The van der Waals surface area contributed by atoms with Crippen LogP contribution in [0, 0.1) is 11.8 Å². The van der Waals surface area contributed by atoms with Crippen LogP contribution in [0.4, 0.5) is 14.5 Å². The van der Waals surface area contributed by atoms with E-state index in [1.54, 1.807) is 6.07 Å². The molecule has 1 aromatic rings. The first kappa shape index (κ1) is 15.2. The van der Waals surface area contributed by atoms with Crippen molar-refractivity contribution in [2.75, 3.05) is 11.9 Å². The molecule has 21 heavy (non-hydrogen) atoms. The van der Waals surface area contributed by atoms with E-state index in [1.807, 2.05) is 6.92 Å². The molecule has 1 aliphatic carbocycles. The molecule has 0 spiro atoms. The zero-order valence-electron chi connectivity index (χ0n) is 11.3. The van der Waals surface area contributed by atoms with Crippen LogP contribution >= 0.6 is 0 Å². The van der Waals surface area contributed by atoms with Crippen LogP contribution in [0.2, 0.25) is 0 Å². The van der Waals surface area contributed by atoms with Crippen molar-refractivity contribution in [1.29, 1.82) is 0 Å². The minimum Gasteiger partial charge on any atom is -0.455 e. The Morgan fingerprint density at radius 1 is 1.38 bits per heavy atom. The minimum atomic E-state index is -2.99. The molecule has 1 aromatic carbocycles. The summed E-state index contributed by atoms with van der Waals surface area (Å²) in [5, 5.41) is 2.37. The maximum absolute atomic E-state index is 12.2. The summed E-state index contributed by atoms with van der Waals surface area (Å²) in [6, 6.07) is 5.79. The lowest BCUT2D eigenvalue weighted by molar-refractivity contribution is -0.148. The third kappa shape index (κ3) is 4.40. The van der Waals surface area contributed by atoms with E-state index < -0.39 is 25.1 Å². The second kappa shape index (κ2) is 6.51. The zero-order valence-corrected chi connectivity index (χ0v) is 11.3. The lowest BCUT2D eigenvalue weighted by Crippen LogP contribution is -2.22. The van der Waals surface area contributed by atoms with E-state index in [9.17, 15) is 18.4 Å². The highest BCUT2D eigenvalue weighted by Gasteiger charge is 2.40. The van der Waals surface area contributed by atoms with Crippen molar-refractivity contribution in [2.24, 2.45) is 11.8 Å². The van der Waals surface area contributed by atoms with Crippen molar-refractivity contribution in [3.63, 3.8) is 0 Å². The van der Waals surface area contributed by atoms with Crippen LogP contribution in [-0.4, -0.2) is 25.1 Å². The molecule has 5 nitrogen and oxygen atoms in total. The first-order valence-corrected chi connectivity index (χ1v) is 6.47. The van der Waals surface area contributed by atoms with Gasteiger partial charge in [-0.25, -0.2) is 0 Å². The number of ether oxygens (including phenoxy) is 2. The van der Waals surface area contributed by atoms with E-state index in [1.165, 1.54) is 18.2 Å². The predicted molar refractivity (Wildman–Crippen MR) is 69.9 cm³/mol. The van der Waals surface area contributed by atoms with E-state index in [4.69, 9.17) is 4.74 Å². The van der Waals surface area contributed by atoms with Gasteiger partial charge in [0.15, 0.2) is 6.61 Å². The highest BCUT2D eigenvalue weighted by atomic mass is 19.3. The van der Waals surface area contributed by atoms with Gasteiger partial charge in [0.25, 0.3) is 5.91 Å². The molecule has 0 aromatic heterocycles. The van der Waals surface area contributed by atoms with Crippen molar-refractivity contribution < 1.29 is 27.8 Å². The zero-order chi connectivity index (χ0) is 15.4. The predicted octanol–water partition coefficient (Wildman–Crippen LogP) is 2.43. The van der Waals surface area contributed by atoms with Gasteiger partial charge < -0.3 is 14.8 Å². The normalized spacial score (nSPS) is 20.0. The van der Waals surface area contributed by atoms with E-state index in [2.05, 4.69) is 10.1 Å². The standard InChI is InChI=1S/C14H15F2NO4/c1-8-6-9(8)13(19)20-7-12(18)17-10-4-2-3-5-11(10)21-14(15)16/h2-5,8-9,14H,6-7H2,1H3,(H,17,18)/t8-,9+/m1/s1. The molecule has 2 atom stereocenters. The number of amides is 1. The SMILES string of the molecule is C[C@@H]1C[C@@H]1C(=O)OCC(=O)Nc1ccccc1OC(F)F. The lowest BCUT2D eigenvalue weighted by Gasteiger charge is -2.11. The molecule has 1 N–H and O–H groups in total. The molecule has 1 aliphatic rings. The van der Waals surface area contributed by atoms with Gasteiger partial charge in [-0.2, -0.15) is 8.78 Å². The van der Waals surface area contributed by atoms with Crippen molar-refractivity contribution in [1.82, 2.24) is 0 Å². The number of para-hydroxylation sites is 2. The molecule has 7 heteroatoms. The fourth-order valence-electron chi connectivity index (χ4n) is 1.85. The fourth-order valence-corrected chi connectivity index (χ4v) is 1.85. The Balaban J connectivity index is 1.86. The third-order valence-corrected chi connectivity index (χ3v) is 3.13. The first-order valence-electron chi connectivity index (χ1n) is 6.47. The number of alkyl halides is 2. The minimum absolute atomic E-state index is 0.0960. The Kier molecular flexibility index (Phi) is 4.72. The quantitative estimate of drug-likeness (QED) is 0.819. The summed E-state index contributed by atoms with van der Waals surface area (Å²) in [7, 11) is 0. The second-order valence-corrected chi connectivity index (χ2v) is 4.85. The van der Waals surface area contributed by atoms with E-state index in [0.717, 1.165) is 6.42 Å². The van der Waals surface area contributed by atoms with Gasteiger partial charge in [-0.3, -0.25) is 9.59 Å². The number of carbonyl (C=O) groups is 2. The number of anilines is 1. The Labute approximate surface area is 120 Å². The van der Waals surface area contributed by atoms with Crippen LogP contribution in [0.3, 0.4) is 0 Å². The lowest BCUT2D eigenvalue weighted by atomic mass is 10.3. The molecular weight excluding hydrogens is 284 g/mol. The molecule has 1 fully saturated rings. The van der Waals surface area contributed by atoms with E-state index in [0.29, 0.717) is 5.92 Å². The molecule has 114 valence electrons. The van der Waals surface area contributed by atoms with Gasteiger partial charge in [-0.1, -0.05) is 19.1 Å². The molecule has 0 aliphatic heterocycles. The number of benzene rings is 1. The topological polar surface area (TPSA) is 64.6 Å². The number of hydrogen-bond donors (Lipinski definition) is 1. The van der Waals surface area contributed by atoms with Crippen LogP contribution in [-0.2, 0) is 14.3 Å². The van der Waals surface area contributed by atoms with Crippen LogP contribution in [0.15, 0.2) is 24.3 Å². The smallest absolute Gasteiger partial charge is 0.387 e. The summed E-state index contributed by atoms with van der Waals surface area (Å²) in [5.41, 5.74) is 0.0960. The number of rotatable bonds is 6. The van der Waals surface area contributed by atoms with Crippen LogP contribution in [0.1, 0.15) is 13.3 Å². The van der Waals surface area contributed by atoms with Crippen molar-refractivity contribution in [3.8, 4) is 5.75 Å². The molecule has 0 saturated heterocycles. The summed E-state index contributed by atoms with van der Waals surface area (Å²) >= 11 is 0. The summed E-state index contributed by atoms with van der Waals surface area (Å²) in [6.07, 6.45) is 0.769.